The number of carboxylic acid groups (broad SMARTS) is 1. The van der Waals surface area contributed by atoms with Crippen LogP contribution in [0.25, 0.3) is 10.6 Å². The molecule has 0 saturated heterocycles. The van der Waals surface area contributed by atoms with E-state index in [1.54, 1.807) is 12.1 Å². The summed E-state index contributed by atoms with van der Waals surface area (Å²) in [6, 6.07) is 3.17. The molecule has 0 aromatic carbocycles. The minimum Gasteiger partial charge on any atom is -0.481 e. The monoisotopic (exact) mass is 293 g/mol. The van der Waals surface area contributed by atoms with E-state index in [1.807, 2.05) is 0 Å². The first-order chi connectivity index (χ1) is 8.36. The molecule has 2 aromatic heterocycles. The molecule has 2 heterocycles. The number of thiophene rings is 1. The molecule has 0 radical (unpaired) electrons. The number of alkyl halides is 3. The molecule has 18 heavy (non-hydrogen) atoms. The molecule has 0 atom stereocenters. The van der Waals surface area contributed by atoms with Crippen LogP contribution in [-0.4, -0.2) is 16.1 Å². The van der Waals surface area contributed by atoms with Crippen molar-refractivity contribution in [2.45, 2.75) is 12.6 Å². The average molecular weight is 293 g/mol. The van der Waals surface area contributed by atoms with Gasteiger partial charge in [0.05, 0.1) is 17.0 Å². The highest BCUT2D eigenvalue weighted by molar-refractivity contribution is 7.16. The van der Waals surface area contributed by atoms with Crippen molar-refractivity contribution in [3.05, 3.63) is 27.4 Å². The maximum atomic E-state index is 12.4. The Bertz CT molecular complexity index is 574. The summed E-state index contributed by atoms with van der Waals surface area (Å²) in [4.78, 5) is 15.1. The van der Waals surface area contributed by atoms with Gasteiger partial charge in [-0.05, 0) is 12.1 Å². The third kappa shape index (κ3) is 2.88. The first-order valence-corrected chi connectivity index (χ1v) is 6.39. The van der Waals surface area contributed by atoms with E-state index in [4.69, 9.17) is 5.11 Å². The predicted octanol–water partition coefficient (Wildman–Crippen LogP) is 3.52. The molecule has 0 fully saturated rings. The van der Waals surface area contributed by atoms with Crippen LogP contribution >= 0.6 is 22.7 Å². The summed E-state index contributed by atoms with van der Waals surface area (Å²) in [5, 5.41) is 9.02. The summed E-state index contributed by atoms with van der Waals surface area (Å²) in [7, 11) is 0. The first kappa shape index (κ1) is 13.0. The van der Waals surface area contributed by atoms with Gasteiger partial charge in [-0.2, -0.15) is 13.2 Å². The van der Waals surface area contributed by atoms with Gasteiger partial charge in [-0.1, -0.05) is 0 Å². The molecule has 0 aliphatic carbocycles. The summed E-state index contributed by atoms with van der Waals surface area (Å²) in [6.07, 6.45) is -4.58. The molecule has 0 bridgehead atoms. The Hall–Kier alpha value is -1.41. The molecule has 8 heteroatoms. The zero-order valence-electron chi connectivity index (χ0n) is 8.69. The standard InChI is InChI=1S/C10H6F3NO2S2/c11-10(12,13)9-14-6(4-17-9)7-2-1-5(18-7)3-8(15)16/h1-2,4H,3H2,(H,15,16). The van der Waals surface area contributed by atoms with Crippen molar-refractivity contribution in [2.75, 3.05) is 0 Å². The van der Waals surface area contributed by atoms with Gasteiger partial charge in [0.1, 0.15) is 0 Å². The van der Waals surface area contributed by atoms with Crippen molar-refractivity contribution >= 4 is 28.6 Å². The lowest BCUT2D eigenvalue weighted by molar-refractivity contribution is -0.138. The Morgan fingerprint density at radius 2 is 2.11 bits per heavy atom. The fourth-order valence-corrected chi connectivity index (χ4v) is 3.00. The van der Waals surface area contributed by atoms with Crippen molar-refractivity contribution in [3.8, 4) is 10.6 Å². The maximum Gasteiger partial charge on any atom is 0.443 e. The van der Waals surface area contributed by atoms with Crippen molar-refractivity contribution in [2.24, 2.45) is 0 Å². The minimum absolute atomic E-state index is 0.138. The second kappa shape index (κ2) is 4.69. The van der Waals surface area contributed by atoms with Crippen molar-refractivity contribution in [1.29, 1.82) is 0 Å². The fraction of sp³-hybridized carbons (Fsp3) is 0.200. The van der Waals surface area contributed by atoms with Gasteiger partial charge in [0.15, 0.2) is 5.01 Å². The summed E-state index contributed by atoms with van der Waals surface area (Å²) in [5.41, 5.74) is 0.231. The Morgan fingerprint density at radius 3 is 2.67 bits per heavy atom. The van der Waals surface area contributed by atoms with Gasteiger partial charge in [-0.15, -0.1) is 22.7 Å². The molecule has 0 aliphatic heterocycles. The molecule has 1 N–H and O–H groups in total. The van der Waals surface area contributed by atoms with E-state index in [2.05, 4.69) is 4.98 Å². The third-order valence-electron chi connectivity index (χ3n) is 1.99. The van der Waals surface area contributed by atoms with Gasteiger partial charge < -0.3 is 5.11 Å². The van der Waals surface area contributed by atoms with Gasteiger partial charge in [-0.25, -0.2) is 4.98 Å². The SMILES string of the molecule is O=C(O)Cc1ccc(-c2csc(C(F)(F)F)n2)s1. The van der Waals surface area contributed by atoms with E-state index >= 15 is 0 Å². The Labute approximate surface area is 108 Å². The smallest absolute Gasteiger partial charge is 0.443 e. The lowest BCUT2D eigenvalue weighted by atomic mass is 10.3. The lowest BCUT2D eigenvalue weighted by Crippen LogP contribution is -2.03. The summed E-state index contributed by atoms with van der Waals surface area (Å²) in [6.45, 7) is 0. The molecule has 0 amide bonds. The highest BCUT2D eigenvalue weighted by Gasteiger charge is 2.34. The number of aliphatic carboxylic acids is 1. The molecular formula is C10H6F3NO2S2. The average Bonchev–Trinajstić information content (AvgIpc) is 2.81. The van der Waals surface area contributed by atoms with Gasteiger partial charge in [0, 0.05) is 10.3 Å². The highest BCUT2D eigenvalue weighted by Crippen LogP contribution is 2.36. The Kier molecular flexibility index (Phi) is 3.40. The van der Waals surface area contributed by atoms with Crippen LogP contribution in [0.4, 0.5) is 13.2 Å². The second-order valence-corrected chi connectivity index (χ2v) is 5.40. The van der Waals surface area contributed by atoms with Crippen molar-refractivity contribution in [3.63, 3.8) is 0 Å². The molecule has 2 aromatic rings. The quantitative estimate of drug-likeness (QED) is 0.942. The number of carbonyl (C=O) groups is 1. The Morgan fingerprint density at radius 1 is 1.39 bits per heavy atom. The first-order valence-electron chi connectivity index (χ1n) is 4.70. The number of nitrogens with zero attached hydrogens (tertiary/aromatic N) is 1. The molecule has 96 valence electrons. The van der Waals surface area contributed by atoms with Crippen LogP contribution in [0.5, 0.6) is 0 Å². The van der Waals surface area contributed by atoms with Crippen molar-refractivity contribution < 1.29 is 23.1 Å². The molecular weight excluding hydrogens is 287 g/mol. The lowest BCUT2D eigenvalue weighted by Gasteiger charge is -1.98. The Balaban J connectivity index is 2.24. The molecule has 0 aliphatic rings. The third-order valence-corrected chi connectivity index (χ3v) is 3.98. The summed E-state index contributed by atoms with van der Waals surface area (Å²) < 4.78 is 37.1. The van der Waals surface area contributed by atoms with Crippen LogP contribution in [0, 0.1) is 0 Å². The topological polar surface area (TPSA) is 50.2 Å². The summed E-state index contributed by atoms with van der Waals surface area (Å²) in [5.74, 6) is -0.974. The van der Waals surface area contributed by atoms with Gasteiger partial charge in [-0.3, -0.25) is 4.79 Å². The van der Waals surface area contributed by atoms with E-state index in [-0.39, 0.29) is 12.1 Å². The van der Waals surface area contributed by atoms with Gasteiger partial charge in [0.2, 0.25) is 0 Å². The van der Waals surface area contributed by atoms with E-state index in [0.29, 0.717) is 21.1 Å². The molecule has 0 unspecified atom stereocenters. The zero-order valence-corrected chi connectivity index (χ0v) is 10.3. The minimum atomic E-state index is -4.44. The number of aromatic nitrogens is 1. The molecule has 0 spiro atoms. The van der Waals surface area contributed by atoms with E-state index in [9.17, 15) is 18.0 Å². The fourth-order valence-electron chi connectivity index (χ4n) is 1.28. The van der Waals surface area contributed by atoms with Gasteiger partial charge >= 0.3 is 12.1 Å². The number of halogens is 3. The number of carboxylic acids is 1. The van der Waals surface area contributed by atoms with E-state index in [0.717, 1.165) is 11.3 Å². The highest BCUT2D eigenvalue weighted by atomic mass is 32.1. The van der Waals surface area contributed by atoms with Crippen molar-refractivity contribution in [1.82, 2.24) is 4.98 Å². The molecule has 0 saturated carbocycles. The number of hydrogen-bond acceptors (Lipinski definition) is 4. The van der Waals surface area contributed by atoms with Gasteiger partial charge in [0.25, 0.3) is 0 Å². The zero-order chi connectivity index (χ0) is 13.3. The van der Waals surface area contributed by atoms with Crippen LogP contribution in [0.15, 0.2) is 17.5 Å². The number of rotatable bonds is 3. The van der Waals surface area contributed by atoms with Crippen LogP contribution < -0.4 is 0 Å². The largest absolute Gasteiger partial charge is 0.481 e. The maximum absolute atomic E-state index is 12.4. The van der Waals surface area contributed by atoms with Crippen LogP contribution in [0.2, 0.25) is 0 Å². The van der Waals surface area contributed by atoms with Crippen LogP contribution in [0.1, 0.15) is 9.88 Å². The number of thiazole rings is 1. The van der Waals surface area contributed by atoms with Crippen LogP contribution in [-0.2, 0) is 17.4 Å². The van der Waals surface area contributed by atoms with E-state index in [1.165, 1.54) is 5.38 Å². The number of hydrogen-bond donors (Lipinski definition) is 1. The normalized spacial score (nSPS) is 11.7. The molecule has 2 rings (SSSR count). The predicted molar refractivity (Wildman–Crippen MR) is 61.8 cm³/mol. The van der Waals surface area contributed by atoms with E-state index < -0.39 is 17.2 Å². The summed E-state index contributed by atoms with van der Waals surface area (Å²) >= 11 is 1.66. The second-order valence-electron chi connectivity index (χ2n) is 3.37. The molecule has 3 nitrogen and oxygen atoms in total. The van der Waals surface area contributed by atoms with Crippen LogP contribution in [0.3, 0.4) is 0 Å².